The molecule has 248 valence electrons. The maximum Gasteiger partial charge on any atom is 0.407 e. The molecule has 3 aliphatic rings. The minimum absolute atomic E-state index is 0.00431. The van der Waals surface area contributed by atoms with Crippen molar-refractivity contribution in [3.8, 4) is 5.75 Å². The Kier molecular flexibility index (Phi) is 10.4. The van der Waals surface area contributed by atoms with Crippen LogP contribution in [0, 0.1) is 23.2 Å². The number of nitrogens with one attached hydrogen (secondary N) is 1. The van der Waals surface area contributed by atoms with E-state index < -0.39 is 28.3 Å². The van der Waals surface area contributed by atoms with Crippen molar-refractivity contribution in [2.45, 2.75) is 88.9 Å². The summed E-state index contributed by atoms with van der Waals surface area (Å²) in [7, 11) is -2.44. The molecule has 0 aromatic heterocycles. The first-order valence-corrected chi connectivity index (χ1v) is 17.4. The topological polar surface area (TPSA) is 124 Å². The van der Waals surface area contributed by atoms with Crippen LogP contribution in [-0.4, -0.2) is 81.4 Å². The molecule has 45 heavy (non-hydrogen) atoms. The number of fused-ring (bicyclic) bond motifs is 3. The maximum atomic E-state index is 13.8. The van der Waals surface area contributed by atoms with Crippen LogP contribution in [0.5, 0.6) is 5.75 Å². The second kappa shape index (κ2) is 14.0. The zero-order chi connectivity index (χ0) is 32.4. The van der Waals surface area contributed by atoms with E-state index in [-0.39, 0.29) is 59.7 Å². The first-order chi connectivity index (χ1) is 21.4. The summed E-state index contributed by atoms with van der Waals surface area (Å²) in [6.45, 7) is 8.78. The first-order valence-electron chi connectivity index (χ1n) is 16.0. The number of amides is 1. The van der Waals surface area contributed by atoms with Crippen molar-refractivity contribution in [2.75, 3.05) is 26.8 Å². The van der Waals surface area contributed by atoms with E-state index >= 15 is 0 Å². The number of alkyl carbamates (subject to hydrolysis) is 1. The predicted molar refractivity (Wildman–Crippen MR) is 169 cm³/mol. The van der Waals surface area contributed by atoms with Gasteiger partial charge in [0.25, 0.3) is 0 Å². The smallest absolute Gasteiger partial charge is 0.407 e. The van der Waals surface area contributed by atoms with Crippen molar-refractivity contribution in [3.05, 3.63) is 60.2 Å². The standard InChI is InChI=1S/C34H48N2O8S/c1-22(2)20-36(45(39,40)25-13-11-24(41-5)12-14-25)21-28(37)27(17-23-9-7-6-8-10-23)35-33(38)44-30-19-34(3,4)18-29-31(30)26-15-16-42-32(26)43-29/h6-14,22,26-32,37H,15-21H2,1-5H3,(H,35,38)/t26-,27+,28-,29-,30+,31-,32+/m1/s1. The Labute approximate surface area is 267 Å². The van der Waals surface area contributed by atoms with Crippen LogP contribution >= 0.6 is 0 Å². The molecule has 3 fully saturated rings. The highest BCUT2D eigenvalue weighted by molar-refractivity contribution is 7.89. The molecule has 2 saturated heterocycles. The van der Waals surface area contributed by atoms with E-state index in [0.29, 0.717) is 25.2 Å². The lowest BCUT2D eigenvalue weighted by atomic mass is 9.67. The molecule has 2 aliphatic heterocycles. The van der Waals surface area contributed by atoms with Crippen LogP contribution in [-0.2, 0) is 30.7 Å². The average molecular weight is 645 g/mol. The van der Waals surface area contributed by atoms with Gasteiger partial charge in [-0.3, -0.25) is 0 Å². The second-order valence-electron chi connectivity index (χ2n) is 13.9. The number of rotatable bonds is 12. The summed E-state index contributed by atoms with van der Waals surface area (Å²) in [6.07, 6.45) is 0.223. The van der Waals surface area contributed by atoms with Crippen molar-refractivity contribution >= 4 is 16.1 Å². The maximum absolute atomic E-state index is 13.8. The van der Waals surface area contributed by atoms with Gasteiger partial charge < -0.3 is 29.4 Å². The number of methoxy groups -OCH3 is 1. The minimum atomic E-state index is -3.96. The minimum Gasteiger partial charge on any atom is -0.497 e. The predicted octanol–water partition coefficient (Wildman–Crippen LogP) is 4.61. The highest BCUT2D eigenvalue weighted by atomic mass is 32.2. The molecule has 1 saturated carbocycles. The Morgan fingerprint density at radius 2 is 1.80 bits per heavy atom. The number of aliphatic hydroxyl groups excluding tert-OH is 1. The second-order valence-corrected chi connectivity index (χ2v) is 15.8. The monoisotopic (exact) mass is 644 g/mol. The fraction of sp³-hybridized carbons (Fsp3) is 0.618. The number of nitrogens with zero attached hydrogens (tertiary/aromatic N) is 1. The zero-order valence-electron chi connectivity index (χ0n) is 26.9. The summed E-state index contributed by atoms with van der Waals surface area (Å²) in [5, 5.41) is 14.5. The molecule has 1 aliphatic carbocycles. The van der Waals surface area contributed by atoms with E-state index in [1.807, 2.05) is 44.2 Å². The summed E-state index contributed by atoms with van der Waals surface area (Å²) >= 11 is 0. The molecule has 0 spiro atoms. The van der Waals surface area contributed by atoms with Gasteiger partial charge in [0.05, 0.1) is 36.9 Å². The average Bonchev–Trinajstić information content (AvgIpc) is 3.57. The molecule has 7 atom stereocenters. The van der Waals surface area contributed by atoms with Gasteiger partial charge in [0.15, 0.2) is 6.29 Å². The van der Waals surface area contributed by atoms with Crippen LogP contribution < -0.4 is 10.1 Å². The molecule has 11 heteroatoms. The summed E-state index contributed by atoms with van der Waals surface area (Å²) in [5.41, 5.74) is 0.810. The van der Waals surface area contributed by atoms with E-state index in [2.05, 4.69) is 19.2 Å². The number of sulfonamides is 1. The SMILES string of the molecule is COc1ccc(S(=O)(=O)N(CC(C)C)C[C@@H](O)[C@H](Cc2ccccc2)NC(=O)O[C@H]2CC(C)(C)C[C@H]3O[C@@H]4OCC[C@@H]4[C@@H]23)cc1. The number of hydrogen-bond acceptors (Lipinski definition) is 8. The molecule has 0 bridgehead atoms. The third-order valence-corrected chi connectivity index (χ3v) is 11.1. The number of aliphatic hydroxyl groups is 1. The molecule has 10 nitrogen and oxygen atoms in total. The number of carbonyl (C=O) groups excluding carboxylic acids is 1. The zero-order valence-corrected chi connectivity index (χ0v) is 27.7. The van der Waals surface area contributed by atoms with Gasteiger partial charge in [-0.15, -0.1) is 0 Å². The number of ether oxygens (including phenoxy) is 4. The highest BCUT2D eigenvalue weighted by Crippen LogP contribution is 2.52. The molecular weight excluding hydrogens is 596 g/mol. The molecule has 2 N–H and O–H groups in total. The van der Waals surface area contributed by atoms with Crippen LogP contribution in [0.2, 0.25) is 0 Å². The fourth-order valence-corrected chi connectivity index (χ4v) is 8.77. The van der Waals surface area contributed by atoms with Gasteiger partial charge >= 0.3 is 6.09 Å². The molecule has 5 rings (SSSR count). The Hall–Kier alpha value is -2.70. The van der Waals surface area contributed by atoms with Gasteiger partial charge in [0.1, 0.15) is 11.9 Å². The van der Waals surface area contributed by atoms with Crippen molar-refractivity contribution in [3.63, 3.8) is 0 Å². The molecule has 0 unspecified atom stereocenters. The summed E-state index contributed by atoms with van der Waals surface area (Å²) in [6, 6.07) is 14.9. The van der Waals surface area contributed by atoms with E-state index in [9.17, 15) is 18.3 Å². The molecule has 2 aromatic rings. The van der Waals surface area contributed by atoms with Crippen LogP contribution in [0.25, 0.3) is 0 Å². The van der Waals surface area contributed by atoms with Gasteiger partial charge in [-0.2, -0.15) is 4.31 Å². The molecule has 0 radical (unpaired) electrons. The van der Waals surface area contributed by atoms with Crippen molar-refractivity contribution in [1.82, 2.24) is 9.62 Å². The van der Waals surface area contributed by atoms with Gasteiger partial charge in [-0.25, -0.2) is 13.2 Å². The normalized spacial score (nSPS) is 27.1. The van der Waals surface area contributed by atoms with Gasteiger partial charge in [0, 0.05) is 24.9 Å². The largest absolute Gasteiger partial charge is 0.497 e. The third kappa shape index (κ3) is 8.00. The lowest BCUT2D eigenvalue weighted by Crippen LogP contribution is -2.53. The van der Waals surface area contributed by atoms with Crippen molar-refractivity contribution in [1.29, 1.82) is 0 Å². The quantitative estimate of drug-likeness (QED) is 0.344. The van der Waals surface area contributed by atoms with Crippen LogP contribution in [0.3, 0.4) is 0 Å². The Balaban J connectivity index is 1.34. The highest BCUT2D eigenvalue weighted by Gasteiger charge is 2.56. The fourth-order valence-electron chi connectivity index (χ4n) is 7.15. The van der Waals surface area contributed by atoms with Crippen LogP contribution in [0.15, 0.2) is 59.5 Å². The van der Waals surface area contributed by atoms with Gasteiger partial charge in [-0.1, -0.05) is 58.0 Å². The van der Waals surface area contributed by atoms with E-state index in [1.54, 1.807) is 12.1 Å². The Morgan fingerprint density at radius 3 is 2.47 bits per heavy atom. The summed E-state index contributed by atoms with van der Waals surface area (Å²) in [5.74, 6) is 0.769. The Morgan fingerprint density at radius 1 is 1.09 bits per heavy atom. The molecular formula is C34H48N2O8S. The lowest BCUT2D eigenvalue weighted by molar-refractivity contribution is -0.136. The first kappa shape index (κ1) is 33.7. The molecule has 2 heterocycles. The van der Waals surface area contributed by atoms with E-state index in [1.165, 1.54) is 23.5 Å². The summed E-state index contributed by atoms with van der Waals surface area (Å²) < 4.78 is 52.2. The van der Waals surface area contributed by atoms with Gasteiger partial charge in [-0.05, 0) is 66.8 Å². The molecule has 1 amide bonds. The van der Waals surface area contributed by atoms with Crippen LogP contribution in [0.4, 0.5) is 4.79 Å². The van der Waals surface area contributed by atoms with Crippen LogP contribution in [0.1, 0.15) is 52.5 Å². The summed E-state index contributed by atoms with van der Waals surface area (Å²) in [4.78, 5) is 13.7. The Bertz CT molecular complexity index is 1380. The van der Waals surface area contributed by atoms with E-state index in [0.717, 1.165) is 18.4 Å². The van der Waals surface area contributed by atoms with Gasteiger partial charge in [0.2, 0.25) is 10.0 Å². The number of carbonyl (C=O) groups is 1. The van der Waals surface area contributed by atoms with Crippen molar-refractivity contribution < 1.29 is 37.3 Å². The lowest BCUT2D eigenvalue weighted by Gasteiger charge is -2.43. The number of benzene rings is 2. The molecule has 2 aromatic carbocycles. The third-order valence-electron chi connectivity index (χ3n) is 9.23. The number of hydrogen-bond donors (Lipinski definition) is 2. The van der Waals surface area contributed by atoms with Crippen molar-refractivity contribution in [2.24, 2.45) is 23.2 Å². The van der Waals surface area contributed by atoms with E-state index in [4.69, 9.17) is 18.9 Å².